The van der Waals surface area contributed by atoms with Crippen LogP contribution >= 0.6 is 0 Å². The van der Waals surface area contributed by atoms with E-state index in [1.807, 2.05) is 30.3 Å². The zero-order valence-electron chi connectivity index (χ0n) is 13.5. The van der Waals surface area contributed by atoms with E-state index in [1.165, 1.54) is 7.11 Å². The van der Waals surface area contributed by atoms with E-state index in [0.717, 1.165) is 5.56 Å². The summed E-state index contributed by atoms with van der Waals surface area (Å²) in [5.41, 5.74) is 1.42. The number of esters is 1. The Morgan fingerprint density at radius 2 is 1.67 bits per heavy atom. The second kappa shape index (κ2) is 8.57. The fourth-order valence-corrected chi connectivity index (χ4v) is 2.08. The lowest BCUT2D eigenvalue weighted by atomic mass is 10.1. The Morgan fingerprint density at radius 1 is 1.00 bits per heavy atom. The predicted octanol–water partition coefficient (Wildman–Crippen LogP) is 2.84. The standard InChI is InChI=1S/C18H19NO5/c1-22-15-10-8-14(9-11-15)16(17(20)23-2)19-18(21)24-12-13-6-4-3-5-7-13/h3-11,16H,12H2,1-2H3,(H,19,21)/t16-/m0/s1. The fourth-order valence-electron chi connectivity index (χ4n) is 2.08. The first-order chi connectivity index (χ1) is 11.6. The number of rotatable bonds is 6. The van der Waals surface area contributed by atoms with Crippen LogP contribution in [-0.4, -0.2) is 26.3 Å². The van der Waals surface area contributed by atoms with Crippen LogP contribution in [0, 0.1) is 0 Å². The molecule has 0 spiro atoms. The predicted molar refractivity (Wildman–Crippen MR) is 87.5 cm³/mol. The smallest absolute Gasteiger partial charge is 0.408 e. The van der Waals surface area contributed by atoms with Crippen LogP contribution < -0.4 is 10.1 Å². The summed E-state index contributed by atoms with van der Waals surface area (Å²) in [6, 6.07) is 15.1. The zero-order valence-corrected chi connectivity index (χ0v) is 13.5. The van der Waals surface area contributed by atoms with Crippen molar-refractivity contribution >= 4 is 12.1 Å². The van der Waals surface area contributed by atoms with E-state index in [-0.39, 0.29) is 6.61 Å². The van der Waals surface area contributed by atoms with E-state index in [9.17, 15) is 9.59 Å². The quantitative estimate of drug-likeness (QED) is 0.825. The summed E-state index contributed by atoms with van der Waals surface area (Å²) in [6.45, 7) is 0.114. The Balaban J connectivity index is 2.02. The van der Waals surface area contributed by atoms with E-state index >= 15 is 0 Å². The summed E-state index contributed by atoms with van der Waals surface area (Å²) < 4.78 is 15.0. The van der Waals surface area contributed by atoms with Gasteiger partial charge in [0.25, 0.3) is 0 Å². The van der Waals surface area contributed by atoms with Crippen LogP contribution in [0.25, 0.3) is 0 Å². The molecule has 0 saturated carbocycles. The fraction of sp³-hybridized carbons (Fsp3) is 0.222. The maximum atomic E-state index is 12.0. The van der Waals surface area contributed by atoms with Crippen LogP contribution in [0.4, 0.5) is 4.79 Å². The van der Waals surface area contributed by atoms with Crippen molar-refractivity contribution < 1.29 is 23.8 Å². The molecule has 0 unspecified atom stereocenters. The molecule has 1 N–H and O–H groups in total. The largest absolute Gasteiger partial charge is 0.497 e. The molecule has 0 aliphatic rings. The molecule has 0 saturated heterocycles. The summed E-state index contributed by atoms with van der Waals surface area (Å²) in [5.74, 6) is 0.0610. The molecular weight excluding hydrogens is 310 g/mol. The maximum absolute atomic E-state index is 12.0. The number of alkyl carbamates (subject to hydrolysis) is 1. The van der Waals surface area contributed by atoms with Crippen LogP contribution in [0.2, 0.25) is 0 Å². The zero-order chi connectivity index (χ0) is 17.4. The van der Waals surface area contributed by atoms with Crippen molar-refractivity contribution in [2.24, 2.45) is 0 Å². The molecule has 2 aromatic rings. The molecule has 6 nitrogen and oxygen atoms in total. The Morgan fingerprint density at radius 3 is 2.25 bits per heavy atom. The summed E-state index contributed by atoms with van der Waals surface area (Å²) in [7, 11) is 2.81. The number of hydrogen-bond acceptors (Lipinski definition) is 5. The van der Waals surface area contributed by atoms with Gasteiger partial charge < -0.3 is 19.5 Å². The molecule has 1 atom stereocenters. The van der Waals surface area contributed by atoms with Crippen LogP contribution in [0.1, 0.15) is 17.2 Å². The minimum atomic E-state index is -0.954. The maximum Gasteiger partial charge on any atom is 0.408 e. The summed E-state index contributed by atoms with van der Waals surface area (Å²) in [6.07, 6.45) is -0.704. The van der Waals surface area contributed by atoms with Crippen molar-refractivity contribution in [1.82, 2.24) is 5.32 Å². The number of ether oxygens (including phenoxy) is 3. The molecule has 24 heavy (non-hydrogen) atoms. The second-order valence-electron chi connectivity index (χ2n) is 4.94. The molecule has 6 heteroatoms. The van der Waals surface area contributed by atoms with Gasteiger partial charge in [0.15, 0.2) is 6.04 Å². The van der Waals surface area contributed by atoms with Gasteiger partial charge in [-0.05, 0) is 23.3 Å². The second-order valence-corrected chi connectivity index (χ2v) is 4.94. The minimum absolute atomic E-state index is 0.114. The molecule has 0 radical (unpaired) electrons. The van der Waals surface area contributed by atoms with Gasteiger partial charge in [0, 0.05) is 0 Å². The summed E-state index contributed by atoms with van der Waals surface area (Å²) >= 11 is 0. The number of carbonyl (C=O) groups excluding carboxylic acids is 2. The van der Waals surface area contributed by atoms with E-state index in [0.29, 0.717) is 11.3 Å². The summed E-state index contributed by atoms with van der Waals surface area (Å²) in [5, 5.41) is 2.52. The molecule has 0 bridgehead atoms. The van der Waals surface area contributed by atoms with Gasteiger partial charge in [-0.15, -0.1) is 0 Å². The number of carbonyl (C=O) groups is 2. The first-order valence-corrected chi connectivity index (χ1v) is 7.33. The third kappa shape index (κ3) is 4.74. The van der Waals surface area contributed by atoms with E-state index in [2.05, 4.69) is 5.32 Å². The van der Waals surface area contributed by atoms with Gasteiger partial charge in [0.05, 0.1) is 14.2 Å². The minimum Gasteiger partial charge on any atom is -0.497 e. The van der Waals surface area contributed by atoms with Crippen LogP contribution in [0.3, 0.4) is 0 Å². The third-order valence-electron chi connectivity index (χ3n) is 3.36. The molecule has 0 heterocycles. The average Bonchev–Trinajstić information content (AvgIpc) is 2.65. The Kier molecular flexibility index (Phi) is 6.19. The first-order valence-electron chi connectivity index (χ1n) is 7.33. The number of benzene rings is 2. The molecule has 0 aromatic heterocycles. The molecule has 0 aliphatic carbocycles. The normalized spacial score (nSPS) is 11.2. The monoisotopic (exact) mass is 329 g/mol. The molecule has 0 fully saturated rings. The number of amides is 1. The number of hydrogen-bond donors (Lipinski definition) is 1. The van der Waals surface area contributed by atoms with Crippen molar-refractivity contribution in [1.29, 1.82) is 0 Å². The lowest BCUT2D eigenvalue weighted by Gasteiger charge is -2.17. The average molecular weight is 329 g/mol. The van der Waals surface area contributed by atoms with Gasteiger partial charge in [0.2, 0.25) is 0 Å². The highest BCUT2D eigenvalue weighted by Crippen LogP contribution is 2.19. The van der Waals surface area contributed by atoms with Gasteiger partial charge in [-0.25, -0.2) is 9.59 Å². The highest BCUT2D eigenvalue weighted by molar-refractivity contribution is 5.82. The topological polar surface area (TPSA) is 73.9 Å². The van der Waals surface area contributed by atoms with Crippen LogP contribution in [-0.2, 0) is 20.9 Å². The Bertz CT molecular complexity index is 670. The summed E-state index contributed by atoms with van der Waals surface area (Å²) in [4.78, 5) is 23.9. The van der Waals surface area contributed by atoms with Crippen LogP contribution in [0.5, 0.6) is 5.75 Å². The molecule has 126 valence electrons. The highest BCUT2D eigenvalue weighted by Gasteiger charge is 2.24. The van der Waals surface area contributed by atoms with Crippen LogP contribution in [0.15, 0.2) is 54.6 Å². The molecule has 1 amide bonds. The van der Waals surface area contributed by atoms with E-state index < -0.39 is 18.1 Å². The molecular formula is C18H19NO5. The van der Waals surface area contributed by atoms with Gasteiger partial charge in [-0.2, -0.15) is 0 Å². The van der Waals surface area contributed by atoms with E-state index in [1.54, 1.807) is 31.4 Å². The lowest BCUT2D eigenvalue weighted by molar-refractivity contribution is -0.143. The van der Waals surface area contributed by atoms with Crippen molar-refractivity contribution in [3.63, 3.8) is 0 Å². The number of methoxy groups -OCH3 is 2. The molecule has 2 aromatic carbocycles. The Hall–Kier alpha value is -3.02. The third-order valence-corrected chi connectivity index (χ3v) is 3.36. The van der Waals surface area contributed by atoms with Crippen molar-refractivity contribution in [2.45, 2.75) is 12.6 Å². The van der Waals surface area contributed by atoms with Gasteiger partial charge in [0.1, 0.15) is 12.4 Å². The van der Waals surface area contributed by atoms with Gasteiger partial charge in [-0.3, -0.25) is 0 Å². The van der Waals surface area contributed by atoms with Crippen molar-refractivity contribution in [3.8, 4) is 5.75 Å². The lowest BCUT2D eigenvalue weighted by Crippen LogP contribution is -2.34. The van der Waals surface area contributed by atoms with Crippen molar-refractivity contribution in [3.05, 3.63) is 65.7 Å². The molecule has 2 rings (SSSR count). The van der Waals surface area contributed by atoms with Gasteiger partial charge >= 0.3 is 12.1 Å². The SMILES string of the molecule is COC(=O)[C@@H](NC(=O)OCc1ccccc1)c1ccc(OC)cc1. The first kappa shape index (κ1) is 17.3. The number of nitrogens with one attached hydrogen (secondary N) is 1. The van der Waals surface area contributed by atoms with E-state index in [4.69, 9.17) is 14.2 Å². The van der Waals surface area contributed by atoms with Crippen molar-refractivity contribution in [2.75, 3.05) is 14.2 Å². The molecule has 0 aliphatic heterocycles. The van der Waals surface area contributed by atoms with Gasteiger partial charge in [-0.1, -0.05) is 42.5 Å². The highest BCUT2D eigenvalue weighted by atomic mass is 16.6. The Labute approximate surface area is 140 Å².